The first-order valence-corrected chi connectivity index (χ1v) is 22.5. The highest BCUT2D eigenvalue weighted by atomic mass is 15.1. The van der Waals surface area contributed by atoms with E-state index in [1.54, 1.807) is 0 Å². The van der Waals surface area contributed by atoms with E-state index in [-0.39, 0.29) is 10.8 Å². The van der Waals surface area contributed by atoms with E-state index < -0.39 is 0 Å². The average molecular weight is 756 g/mol. The molecule has 5 aromatic carbocycles. The van der Waals surface area contributed by atoms with Gasteiger partial charge in [-0.2, -0.15) is 0 Å². The molecule has 8 saturated carbocycles. The highest BCUT2D eigenvalue weighted by Crippen LogP contribution is 2.62. The van der Waals surface area contributed by atoms with Crippen molar-refractivity contribution in [3.05, 3.63) is 127 Å². The lowest BCUT2D eigenvalue weighted by atomic mass is 9.49. The second kappa shape index (κ2) is 11.7. The fourth-order valence-corrected chi connectivity index (χ4v) is 15.2. The number of hydrogen-bond donors (Lipinski definition) is 0. The van der Waals surface area contributed by atoms with Crippen LogP contribution in [0.2, 0.25) is 0 Å². The maximum Gasteiger partial charge on any atom is 0.165 e. The molecule has 3 aromatic heterocycles. The van der Waals surface area contributed by atoms with Crippen molar-refractivity contribution in [2.75, 3.05) is 0 Å². The molecule has 8 aliphatic rings. The number of rotatable bonds is 5. The molecule has 8 aromatic rings. The van der Waals surface area contributed by atoms with Crippen molar-refractivity contribution in [1.29, 1.82) is 0 Å². The van der Waals surface area contributed by atoms with Crippen molar-refractivity contribution in [3.8, 4) is 22.8 Å². The standard InChI is InChI=1S/C53H49N5/c1-5-15-43-38(10-1)39-11-2-6-16-44(39)57(43)47-19-9-14-42(48(47)58-45-17-7-3-12-40(45)41-13-4-8-18-46(41)58)49-54-50(52-26-32-20-33(27-52)22-34(21-32)28-52)56-51(55-49)53-29-35-23-36(30-53)25-37(24-35)31-53/h1-19,32-37H,20-31H2/t32-,33+,34-,35-,36+,37?,52?,53?. The molecular weight excluding hydrogens is 707 g/mol. The second-order valence-electron chi connectivity index (χ2n) is 20.1. The third kappa shape index (κ3) is 4.51. The number of benzene rings is 5. The van der Waals surface area contributed by atoms with E-state index in [0.717, 1.165) is 69.9 Å². The zero-order valence-corrected chi connectivity index (χ0v) is 33.2. The predicted molar refractivity (Wildman–Crippen MR) is 234 cm³/mol. The Labute approximate surface area is 339 Å². The van der Waals surface area contributed by atoms with E-state index >= 15 is 0 Å². The summed E-state index contributed by atoms with van der Waals surface area (Å²) in [4.78, 5) is 17.6. The lowest BCUT2D eigenvalue weighted by Gasteiger charge is -2.57. The Kier molecular flexibility index (Phi) is 6.57. The maximum absolute atomic E-state index is 5.85. The van der Waals surface area contributed by atoms with Gasteiger partial charge in [-0.25, -0.2) is 15.0 Å². The van der Waals surface area contributed by atoms with Gasteiger partial charge in [0.25, 0.3) is 0 Å². The Balaban J connectivity index is 1.09. The van der Waals surface area contributed by atoms with Crippen LogP contribution in [0.1, 0.15) is 88.7 Å². The molecule has 5 heteroatoms. The maximum atomic E-state index is 5.85. The summed E-state index contributed by atoms with van der Waals surface area (Å²) in [6, 6.07) is 42.7. The number of aromatic nitrogens is 5. The van der Waals surface area contributed by atoms with Gasteiger partial charge in [-0.15, -0.1) is 0 Å². The first-order chi connectivity index (χ1) is 28.6. The molecule has 286 valence electrons. The van der Waals surface area contributed by atoms with Gasteiger partial charge in [0.05, 0.1) is 33.4 Å². The average Bonchev–Trinajstić information content (AvgIpc) is 3.75. The minimum absolute atomic E-state index is 0.0704. The summed E-state index contributed by atoms with van der Waals surface area (Å²) in [5, 5.41) is 5.07. The molecule has 0 saturated heterocycles. The molecule has 0 unspecified atom stereocenters. The van der Waals surface area contributed by atoms with Crippen LogP contribution in [0.4, 0.5) is 0 Å². The quantitative estimate of drug-likeness (QED) is 0.176. The van der Waals surface area contributed by atoms with Gasteiger partial charge in [0.2, 0.25) is 0 Å². The van der Waals surface area contributed by atoms with E-state index in [1.165, 1.54) is 121 Å². The molecule has 5 nitrogen and oxygen atoms in total. The van der Waals surface area contributed by atoms with Crippen molar-refractivity contribution in [3.63, 3.8) is 0 Å². The van der Waals surface area contributed by atoms with Gasteiger partial charge < -0.3 is 9.13 Å². The minimum Gasteiger partial charge on any atom is -0.307 e. The van der Waals surface area contributed by atoms with Crippen molar-refractivity contribution >= 4 is 43.6 Å². The summed E-state index contributed by atoms with van der Waals surface area (Å²) in [6.45, 7) is 0. The summed E-state index contributed by atoms with van der Waals surface area (Å²) >= 11 is 0. The first-order valence-electron chi connectivity index (χ1n) is 22.5. The monoisotopic (exact) mass is 755 g/mol. The molecule has 0 N–H and O–H groups in total. The van der Waals surface area contributed by atoms with Crippen LogP contribution in [-0.2, 0) is 10.8 Å². The molecule has 16 rings (SSSR count). The SMILES string of the molecule is c1cc(-c2nc(C34CC5C[C@H](C3)C[C@@H](C5)C4)nc(C34C[C@H]5C[C@@H](C3)C[C@@H](C4)C5)n2)c(-n2c3ccccc3c3ccccc32)c(-n2c3ccccc3c3ccccc32)c1. The van der Waals surface area contributed by atoms with E-state index in [4.69, 9.17) is 15.0 Å². The van der Waals surface area contributed by atoms with Gasteiger partial charge in [-0.1, -0.05) is 78.9 Å². The zero-order valence-electron chi connectivity index (χ0n) is 33.2. The molecule has 3 heterocycles. The largest absolute Gasteiger partial charge is 0.307 e. The molecule has 0 aliphatic heterocycles. The fraction of sp³-hybridized carbons (Fsp3) is 0.377. The lowest BCUT2D eigenvalue weighted by Crippen LogP contribution is -2.51. The fourth-order valence-electron chi connectivity index (χ4n) is 15.2. The molecule has 0 atom stereocenters. The van der Waals surface area contributed by atoms with Gasteiger partial charge >= 0.3 is 0 Å². The third-order valence-electron chi connectivity index (χ3n) is 16.5. The van der Waals surface area contributed by atoms with Crippen LogP contribution in [-0.4, -0.2) is 24.1 Å². The first kappa shape index (κ1) is 32.6. The van der Waals surface area contributed by atoms with Crippen molar-refractivity contribution < 1.29 is 0 Å². The normalized spacial score (nSPS) is 30.8. The van der Waals surface area contributed by atoms with E-state index in [1.807, 2.05) is 0 Å². The molecule has 0 spiro atoms. The molecule has 8 fully saturated rings. The van der Waals surface area contributed by atoms with Gasteiger partial charge in [-0.05, 0) is 149 Å². The summed E-state index contributed by atoms with van der Waals surface area (Å²) in [7, 11) is 0. The zero-order chi connectivity index (χ0) is 37.7. The van der Waals surface area contributed by atoms with Gasteiger partial charge in [0, 0.05) is 37.9 Å². The van der Waals surface area contributed by atoms with Crippen molar-refractivity contribution in [2.45, 2.75) is 87.9 Å². The Morgan fingerprint density at radius 3 is 1.14 bits per heavy atom. The van der Waals surface area contributed by atoms with Crippen LogP contribution in [0.15, 0.2) is 115 Å². The molecule has 8 bridgehead atoms. The van der Waals surface area contributed by atoms with E-state index in [9.17, 15) is 0 Å². The Morgan fingerprint density at radius 1 is 0.379 bits per heavy atom. The number of para-hydroxylation sites is 5. The van der Waals surface area contributed by atoms with Gasteiger partial charge in [-0.3, -0.25) is 0 Å². The number of fused-ring (bicyclic) bond motifs is 6. The summed E-state index contributed by atoms with van der Waals surface area (Å²) in [5.41, 5.74) is 8.36. The molecule has 0 amide bonds. The molecule has 8 aliphatic carbocycles. The van der Waals surface area contributed by atoms with Crippen LogP contribution in [0.5, 0.6) is 0 Å². The summed E-state index contributed by atoms with van der Waals surface area (Å²) in [6.07, 6.45) is 16.0. The highest BCUT2D eigenvalue weighted by molar-refractivity contribution is 6.12. The van der Waals surface area contributed by atoms with Crippen LogP contribution in [0.3, 0.4) is 0 Å². The second-order valence-corrected chi connectivity index (χ2v) is 20.1. The molecular formula is C53H49N5. The third-order valence-corrected chi connectivity index (χ3v) is 16.5. The van der Waals surface area contributed by atoms with Gasteiger partial charge in [0.15, 0.2) is 5.82 Å². The van der Waals surface area contributed by atoms with Crippen LogP contribution in [0, 0.1) is 35.5 Å². The van der Waals surface area contributed by atoms with Gasteiger partial charge in [0.1, 0.15) is 11.6 Å². The number of hydrogen-bond acceptors (Lipinski definition) is 3. The Hall–Kier alpha value is -5.29. The highest BCUT2D eigenvalue weighted by Gasteiger charge is 2.56. The molecule has 0 radical (unpaired) electrons. The van der Waals surface area contributed by atoms with Crippen LogP contribution < -0.4 is 0 Å². The number of nitrogens with zero attached hydrogens (tertiary/aromatic N) is 5. The molecule has 58 heavy (non-hydrogen) atoms. The Morgan fingerprint density at radius 2 is 0.741 bits per heavy atom. The van der Waals surface area contributed by atoms with Crippen molar-refractivity contribution in [2.24, 2.45) is 35.5 Å². The smallest absolute Gasteiger partial charge is 0.165 e. The predicted octanol–water partition coefficient (Wildman–Crippen LogP) is 12.7. The minimum atomic E-state index is 0.0704. The Bertz CT molecular complexity index is 2760. The summed E-state index contributed by atoms with van der Waals surface area (Å²) in [5.74, 6) is 8.08. The topological polar surface area (TPSA) is 48.5 Å². The summed E-state index contributed by atoms with van der Waals surface area (Å²) < 4.78 is 5.05. The van der Waals surface area contributed by atoms with E-state index in [0.29, 0.717) is 0 Å². The van der Waals surface area contributed by atoms with Crippen molar-refractivity contribution in [1.82, 2.24) is 24.1 Å². The lowest BCUT2D eigenvalue weighted by molar-refractivity contribution is -0.0155. The van der Waals surface area contributed by atoms with Crippen LogP contribution >= 0.6 is 0 Å². The van der Waals surface area contributed by atoms with Crippen LogP contribution in [0.25, 0.3) is 66.4 Å². The van der Waals surface area contributed by atoms with E-state index in [2.05, 4.69) is 124 Å².